The molecule has 0 spiro atoms. The van der Waals surface area contributed by atoms with Crippen molar-refractivity contribution in [2.24, 2.45) is 0 Å². The van der Waals surface area contributed by atoms with Crippen molar-refractivity contribution in [2.45, 2.75) is 19.5 Å². The molecule has 0 radical (unpaired) electrons. The highest BCUT2D eigenvalue weighted by molar-refractivity contribution is 7.99. The van der Waals surface area contributed by atoms with E-state index in [1.165, 1.54) is 0 Å². The third-order valence-corrected chi connectivity index (χ3v) is 2.23. The summed E-state index contributed by atoms with van der Waals surface area (Å²) in [6.45, 7) is 2.59. The highest BCUT2D eigenvalue weighted by atomic mass is 32.2. The number of thioether (sulfide) groups is 1. The summed E-state index contributed by atoms with van der Waals surface area (Å²) in [5, 5.41) is 0. The molecule has 0 N–H and O–H groups in total. The van der Waals surface area contributed by atoms with E-state index in [1.54, 1.807) is 18.9 Å². The summed E-state index contributed by atoms with van der Waals surface area (Å²) in [7, 11) is 1.66. The zero-order valence-corrected chi connectivity index (χ0v) is 7.42. The van der Waals surface area contributed by atoms with E-state index in [2.05, 4.69) is 0 Å². The number of hydrogen-bond acceptors (Lipinski definition) is 2. The van der Waals surface area contributed by atoms with Crippen molar-refractivity contribution in [2.75, 3.05) is 25.2 Å². The lowest BCUT2D eigenvalue weighted by molar-refractivity contribution is 0.218. The van der Waals surface area contributed by atoms with E-state index >= 15 is 0 Å². The fourth-order valence-corrected chi connectivity index (χ4v) is 1.41. The van der Waals surface area contributed by atoms with Crippen molar-refractivity contribution in [1.29, 1.82) is 0 Å². The Bertz CT molecular complexity index is 70.6. The van der Waals surface area contributed by atoms with Gasteiger partial charge in [0.25, 0.3) is 0 Å². The van der Waals surface area contributed by atoms with Gasteiger partial charge in [0.1, 0.15) is 6.17 Å². The molecule has 3 heteroatoms. The second-order valence-electron chi connectivity index (χ2n) is 2.07. The fraction of sp³-hybridized carbons (Fsp3) is 1.00. The third-order valence-electron chi connectivity index (χ3n) is 1.17. The maximum absolute atomic E-state index is 12.5. The van der Waals surface area contributed by atoms with Crippen molar-refractivity contribution in [3.05, 3.63) is 0 Å². The van der Waals surface area contributed by atoms with E-state index in [9.17, 15) is 4.39 Å². The quantitative estimate of drug-likeness (QED) is 0.559. The minimum atomic E-state index is -0.637. The molecule has 0 aromatic rings. The Morgan fingerprint density at radius 3 is 2.80 bits per heavy atom. The summed E-state index contributed by atoms with van der Waals surface area (Å²) < 4.78 is 17.3. The molecule has 1 atom stereocenters. The number of rotatable bonds is 6. The van der Waals surface area contributed by atoms with Gasteiger partial charge in [-0.2, -0.15) is 11.8 Å². The zero-order valence-electron chi connectivity index (χ0n) is 6.60. The van der Waals surface area contributed by atoms with E-state index in [4.69, 9.17) is 4.74 Å². The summed E-state index contributed by atoms with van der Waals surface area (Å²) in [6, 6.07) is 0. The lowest BCUT2D eigenvalue weighted by Gasteiger charge is -2.03. The van der Waals surface area contributed by atoms with Crippen molar-refractivity contribution in [1.82, 2.24) is 0 Å². The number of alkyl halides is 1. The molecule has 1 nitrogen and oxygen atoms in total. The Hall–Kier alpha value is 0.240. The second-order valence-corrected chi connectivity index (χ2v) is 3.22. The maximum Gasteiger partial charge on any atom is 0.109 e. The van der Waals surface area contributed by atoms with Gasteiger partial charge in [-0.05, 0) is 6.42 Å². The van der Waals surface area contributed by atoms with E-state index < -0.39 is 6.17 Å². The van der Waals surface area contributed by atoms with Crippen LogP contribution < -0.4 is 0 Å². The molecule has 0 fully saturated rings. The first-order valence-corrected chi connectivity index (χ1v) is 4.67. The van der Waals surface area contributed by atoms with Crippen molar-refractivity contribution in [3.63, 3.8) is 0 Å². The van der Waals surface area contributed by atoms with Gasteiger partial charge in [0, 0.05) is 18.6 Å². The monoisotopic (exact) mass is 166 g/mol. The van der Waals surface area contributed by atoms with E-state index in [0.29, 0.717) is 12.2 Å². The topological polar surface area (TPSA) is 9.23 Å². The molecule has 0 saturated carbocycles. The molecule has 10 heavy (non-hydrogen) atoms. The summed E-state index contributed by atoms with van der Waals surface area (Å²) in [6.07, 6.45) is -0.0122. The van der Waals surface area contributed by atoms with Crippen LogP contribution in [0.1, 0.15) is 13.3 Å². The van der Waals surface area contributed by atoms with Crippen LogP contribution in [0.2, 0.25) is 0 Å². The number of ether oxygens (including phenoxy) is 1. The molecule has 0 aromatic carbocycles. The predicted molar refractivity (Wildman–Crippen MR) is 44.4 cm³/mol. The van der Waals surface area contributed by atoms with E-state index in [-0.39, 0.29) is 0 Å². The fourth-order valence-electron chi connectivity index (χ4n) is 0.471. The Morgan fingerprint density at radius 2 is 2.30 bits per heavy atom. The highest BCUT2D eigenvalue weighted by Gasteiger charge is 2.01. The Kier molecular flexibility index (Phi) is 7.52. The third kappa shape index (κ3) is 6.36. The molecule has 0 amide bonds. The standard InChI is InChI=1S/C7H15FOS/c1-3-7(8)6-10-5-4-9-2/h7H,3-6H2,1-2H3. The maximum atomic E-state index is 12.5. The van der Waals surface area contributed by atoms with Gasteiger partial charge in [0.05, 0.1) is 6.61 Å². The van der Waals surface area contributed by atoms with Crippen LogP contribution in [0.25, 0.3) is 0 Å². The molecule has 0 saturated heterocycles. The molecular formula is C7H15FOS. The van der Waals surface area contributed by atoms with Crippen molar-refractivity contribution in [3.8, 4) is 0 Å². The Morgan fingerprint density at radius 1 is 1.60 bits per heavy atom. The normalized spacial score (nSPS) is 13.5. The molecule has 0 rings (SSSR count). The molecule has 62 valence electrons. The van der Waals surface area contributed by atoms with E-state index in [1.807, 2.05) is 6.92 Å². The zero-order chi connectivity index (χ0) is 7.82. The van der Waals surface area contributed by atoms with Gasteiger partial charge in [-0.1, -0.05) is 6.92 Å². The Labute approximate surface area is 66.3 Å². The van der Waals surface area contributed by atoms with Gasteiger partial charge in [-0.3, -0.25) is 0 Å². The highest BCUT2D eigenvalue weighted by Crippen LogP contribution is 2.07. The van der Waals surface area contributed by atoms with Crippen LogP contribution in [0.5, 0.6) is 0 Å². The molecule has 0 aliphatic rings. The largest absolute Gasteiger partial charge is 0.384 e. The molecule has 0 heterocycles. The summed E-state index contributed by atoms with van der Waals surface area (Å²) in [4.78, 5) is 0. The van der Waals surface area contributed by atoms with Crippen molar-refractivity contribution < 1.29 is 9.13 Å². The number of halogens is 1. The van der Waals surface area contributed by atoms with Gasteiger partial charge in [0.15, 0.2) is 0 Å². The van der Waals surface area contributed by atoms with Gasteiger partial charge in [-0.25, -0.2) is 4.39 Å². The van der Waals surface area contributed by atoms with Crippen molar-refractivity contribution >= 4 is 11.8 Å². The first-order valence-electron chi connectivity index (χ1n) is 3.52. The van der Waals surface area contributed by atoms with Crippen LogP contribution in [0.15, 0.2) is 0 Å². The van der Waals surface area contributed by atoms with Gasteiger partial charge >= 0.3 is 0 Å². The average molecular weight is 166 g/mol. The minimum Gasteiger partial charge on any atom is -0.384 e. The van der Waals surface area contributed by atoms with Crippen LogP contribution >= 0.6 is 11.8 Å². The molecule has 0 aromatic heterocycles. The smallest absolute Gasteiger partial charge is 0.109 e. The summed E-state index contributed by atoms with van der Waals surface area (Å²) in [5.41, 5.74) is 0. The molecule has 0 aliphatic heterocycles. The SMILES string of the molecule is CCC(F)CSCCOC. The predicted octanol–water partition coefficient (Wildman–Crippen LogP) is 2.11. The summed E-state index contributed by atoms with van der Waals surface area (Å²) >= 11 is 1.61. The van der Waals surface area contributed by atoms with Crippen LogP contribution in [-0.4, -0.2) is 31.4 Å². The first kappa shape index (κ1) is 10.2. The molecule has 0 aliphatic carbocycles. The van der Waals surface area contributed by atoms with E-state index in [0.717, 1.165) is 12.4 Å². The summed E-state index contributed by atoms with van der Waals surface area (Å²) in [5.74, 6) is 1.51. The van der Waals surface area contributed by atoms with Gasteiger partial charge in [-0.15, -0.1) is 0 Å². The first-order chi connectivity index (χ1) is 4.81. The van der Waals surface area contributed by atoms with Crippen LogP contribution in [0, 0.1) is 0 Å². The lowest BCUT2D eigenvalue weighted by Crippen LogP contribution is -2.03. The van der Waals surface area contributed by atoms with Crippen LogP contribution in [0.3, 0.4) is 0 Å². The van der Waals surface area contributed by atoms with Gasteiger partial charge in [0.2, 0.25) is 0 Å². The minimum absolute atomic E-state index is 0.611. The number of hydrogen-bond donors (Lipinski definition) is 0. The van der Waals surface area contributed by atoms with Crippen LogP contribution in [0.4, 0.5) is 4.39 Å². The molecule has 1 unspecified atom stereocenters. The molecule has 0 bridgehead atoms. The van der Waals surface area contributed by atoms with Crippen LogP contribution in [-0.2, 0) is 4.74 Å². The number of methoxy groups -OCH3 is 1. The molecular weight excluding hydrogens is 151 g/mol. The van der Waals surface area contributed by atoms with Gasteiger partial charge < -0.3 is 4.74 Å². The average Bonchev–Trinajstić information content (AvgIpc) is 1.98. The second kappa shape index (κ2) is 7.35. The lowest BCUT2D eigenvalue weighted by atomic mass is 10.3. The Balaban J connectivity index is 2.89.